The van der Waals surface area contributed by atoms with Crippen LogP contribution in [0.3, 0.4) is 0 Å². The highest BCUT2D eigenvalue weighted by atomic mass is 16.4. The number of carbonyl (C=O) groups is 1. The molecule has 2 unspecified atom stereocenters. The zero-order valence-electron chi connectivity index (χ0n) is 12.5. The van der Waals surface area contributed by atoms with Gasteiger partial charge in [-0.3, -0.25) is 0 Å². The van der Waals surface area contributed by atoms with Crippen LogP contribution in [0.1, 0.15) is 37.1 Å². The summed E-state index contributed by atoms with van der Waals surface area (Å²) in [6.07, 6.45) is -1.24. The first-order chi connectivity index (χ1) is 10.0. The highest BCUT2D eigenvalue weighted by Gasteiger charge is 2.01. The number of nitrogens with one attached hydrogen (secondary N) is 1. The fourth-order valence-corrected chi connectivity index (χ4v) is 1.78. The predicted octanol–water partition coefficient (Wildman–Crippen LogP) is 1.67. The maximum absolute atomic E-state index is 10.2. The van der Waals surface area contributed by atoms with Crippen molar-refractivity contribution >= 4 is 6.09 Å². The number of hydrogen-bond acceptors (Lipinski definition) is 2. The van der Waals surface area contributed by atoms with Crippen LogP contribution in [-0.2, 0) is 0 Å². The molecule has 0 aliphatic heterocycles. The number of rotatable bonds is 3. The van der Waals surface area contributed by atoms with Crippen LogP contribution in [-0.4, -0.2) is 6.09 Å². The Bertz CT molecular complexity index is 527. The van der Waals surface area contributed by atoms with Gasteiger partial charge in [0, 0.05) is 11.6 Å². The van der Waals surface area contributed by atoms with Crippen molar-refractivity contribution in [3.05, 3.63) is 71.8 Å². The molecule has 4 nitrogen and oxygen atoms in total. The van der Waals surface area contributed by atoms with Gasteiger partial charge in [0.15, 0.2) is 0 Å². The number of benzene rings is 2. The highest BCUT2D eigenvalue weighted by Crippen LogP contribution is 2.09. The van der Waals surface area contributed by atoms with Gasteiger partial charge in [-0.1, -0.05) is 60.7 Å². The Balaban J connectivity index is 0.000000219. The lowest BCUT2D eigenvalue weighted by Crippen LogP contribution is -2.51. The first-order valence-corrected chi connectivity index (χ1v) is 6.91. The van der Waals surface area contributed by atoms with E-state index >= 15 is 0 Å². The molecule has 2 rings (SSSR count). The Morgan fingerprint density at radius 2 is 1.38 bits per heavy atom. The summed E-state index contributed by atoms with van der Waals surface area (Å²) in [6.45, 7) is 3.86. The smallest absolute Gasteiger partial charge is 0.134 e. The standard InChI is InChI=1S/C9H11NO2.C8H11N/c1-7(10-9(11)12)8-5-3-2-4-6-8;1-7(9)8-5-3-2-4-6-8/h2-7,10H,1H3,(H,11,12);2-7H,9H2,1H3. The molecule has 0 aliphatic rings. The van der Waals surface area contributed by atoms with Crippen LogP contribution < -0.4 is 16.2 Å². The molecule has 0 saturated carbocycles. The largest absolute Gasteiger partial charge is 0.530 e. The van der Waals surface area contributed by atoms with Gasteiger partial charge in [-0.2, -0.15) is 0 Å². The number of carboxylic acid groups (broad SMARTS) is 1. The van der Waals surface area contributed by atoms with E-state index in [2.05, 4.69) is 30.1 Å². The molecule has 0 radical (unpaired) electrons. The molecule has 4 heteroatoms. The number of amides is 1. The Kier molecular flexibility index (Phi) is 6.98. The summed E-state index contributed by atoms with van der Waals surface area (Å²) in [5.41, 5.74) is 6.14. The Morgan fingerprint density at radius 1 is 0.952 bits per heavy atom. The molecular weight excluding hydrogens is 264 g/mol. The molecule has 0 saturated heterocycles. The normalized spacial score (nSPS) is 12.5. The summed E-state index contributed by atoms with van der Waals surface area (Å²) in [7, 11) is 0. The van der Waals surface area contributed by atoms with Crippen LogP contribution >= 0.6 is 0 Å². The minimum absolute atomic E-state index is 0.212. The van der Waals surface area contributed by atoms with Crippen molar-refractivity contribution in [2.45, 2.75) is 25.9 Å². The van der Waals surface area contributed by atoms with Crippen LogP contribution in [0.4, 0.5) is 4.79 Å². The third-order valence-corrected chi connectivity index (χ3v) is 3.00. The monoisotopic (exact) mass is 286 g/mol. The molecular formula is C17H22N2O2. The van der Waals surface area contributed by atoms with E-state index in [9.17, 15) is 9.90 Å². The lowest BCUT2D eigenvalue weighted by atomic mass is 10.1. The number of hydrogen-bond donors (Lipinski definition) is 2. The maximum Gasteiger partial charge on any atom is 0.134 e. The van der Waals surface area contributed by atoms with Crippen LogP contribution in [0.25, 0.3) is 0 Å². The number of carbonyl (C=O) groups excluding carboxylic acids is 1. The molecule has 2 aromatic rings. The summed E-state index contributed by atoms with van der Waals surface area (Å²) in [5, 5.41) is 12.4. The predicted molar refractivity (Wildman–Crippen MR) is 81.1 cm³/mol. The second kappa shape index (κ2) is 8.76. The van der Waals surface area contributed by atoms with E-state index in [1.165, 1.54) is 5.56 Å². The van der Waals surface area contributed by atoms with E-state index in [1.807, 2.05) is 48.5 Å². The van der Waals surface area contributed by atoms with Gasteiger partial charge in [0.1, 0.15) is 12.1 Å². The van der Waals surface area contributed by atoms with Crippen molar-refractivity contribution in [2.75, 3.05) is 0 Å². The highest BCUT2D eigenvalue weighted by molar-refractivity contribution is 5.62. The van der Waals surface area contributed by atoms with Crippen LogP contribution in [0.2, 0.25) is 0 Å². The Labute approximate surface area is 125 Å². The third kappa shape index (κ3) is 6.58. The molecule has 4 N–H and O–H groups in total. The summed E-state index contributed by atoms with van der Waals surface area (Å²) in [5.74, 6) is 0. The van der Waals surface area contributed by atoms with E-state index in [0.717, 1.165) is 5.56 Å². The fraction of sp³-hybridized carbons (Fsp3) is 0.235. The van der Waals surface area contributed by atoms with Gasteiger partial charge in [-0.25, -0.2) is 0 Å². The van der Waals surface area contributed by atoms with Gasteiger partial charge < -0.3 is 21.0 Å². The quantitative estimate of drug-likeness (QED) is 0.900. The second-order valence-electron chi connectivity index (χ2n) is 4.88. The zero-order valence-corrected chi connectivity index (χ0v) is 12.5. The van der Waals surface area contributed by atoms with Gasteiger partial charge in [0.05, 0.1) is 0 Å². The summed E-state index contributed by atoms with van der Waals surface area (Å²) in [4.78, 5) is 10.2. The van der Waals surface area contributed by atoms with Crippen molar-refractivity contribution in [2.24, 2.45) is 0 Å². The van der Waals surface area contributed by atoms with Crippen molar-refractivity contribution in [3.8, 4) is 0 Å². The first-order valence-electron chi connectivity index (χ1n) is 6.91. The SMILES string of the molecule is CC(NC(=O)[O-])c1ccccc1.CC([NH3+])c1ccccc1. The molecule has 2 aromatic carbocycles. The van der Waals surface area contributed by atoms with Gasteiger partial charge in [-0.05, 0) is 19.4 Å². The number of quaternary nitrogens is 1. The van der Waals surface area contributed by atoms with Crippen molar-refractivity contribution in [3.63, 3.8) is 0 Å². The van der Waals surface area contributed by atoms with E-state index in [1.54, 1.807) is 6.92 Å². The fourth-order valence-electron chi connectivity index (χ4n) is 1.78. The molecule has 2 atom stereocenters. The third-order valence-electron chi connectivity index (χ3n) is 3.00. The zero-order chi connectivity index (χ0) is 15.7. The topological polar surface area (TPSA) is 79.8 Å². The van der Waals surface area contributed by atoms with Crippen molar-refractivity contribution in [1.29, 1.82) is 0 Å². The Morgan fingerprint density at radius 3 is 1.71 bits per heavy atom. The summed E-state index contributed by atoms with van der Waals surface area (Å²) in [6, 6.07) is 19.8. The molecule has 0 bridgehead atoms. The minimum Gasteiger partial charge on any atom is -0.530 e. The molecule has 1 amide bonds. The molecule has 112 valence electrons. The molecule has 0 heterocycles. The lowest BCUT2D eigenvalue weighted by molar-refractivity contribution is -0.420. The summed E-state index contributed by atoms with van der Waals surface area (Å²) < 4.78 is 0. The average Bonchev–Trinajstić information content (AvgIpc) is 2.49. The first kappa shape index (κ1) is 16.7. The van der Waals surface area contributed by atoms with Crippen LogP contribution in [0.15, 0.2) is 60.7 Å². The van der Waals surface area contributed by atoms with Crippen molar-refractivity contribution in [1.82, 2.24) is 5.32 Å². The molecule has 0 fully saturated rings. The molecule has 21 heavy (non-hydrogen) atoms. The average molecular weight is 286 g/mol. The molecule has 0 aliphatic carbocycles. The van der Waals surface area contributed by atoms with Crippen LogP contribution in [0.5, 0.6) is 0 Å². The van der Waals surface area contributed by atoms with E-state index in [4.69, 9.17) is 0 Å². The summed E-state index contributed by atoms with van der Waals surface area (Å²) >= 11 is 0. The van der Waals surface area contributed by atoms with Gasteiger partial charge in [0.2, 0.25) is 0 Å². The second-order valence-corrected chi connectivity index (χ2v) is 4.88. The Hall–Kier alpha value is -2.33. The lowest BCUT2D eigenvalue weighted by Gasteiger charge is -2.15. The van der Waals surface area contributed by atoms with Gasteiger partial charge >= 0.3 is 0 Å². The molecule has 0 spiro atoms. The van der Waals surface area contributed by atoms with Gasteiger partial charge in [0.25, 0.3) is 0 Å². The molecule has 0 aromatic heterocycles. The van der Waals surface area contributed by atoms with E-state index in [-0.39, 0.29) is 6.04 Å². The van der Waals surface area contributed by atoms with Crippen molar-refractivity contribution < 1.29 is 15.6 Å². The maximum atomic E-state index is 10.2. The van der Waals surface area contributed by atoms with E-state index < -0.39 is 6.09 Å². The van der Waals surface area contributed by atoms with Gasteiger partial charge in [-0.15, -0.1) is 0 Å². The van der Waals surface area contributed by atoms with Crippen LogP contribution in [0, 0.1) is 0 Å². The minimum atomic E-state index is -1.24. The van der Waals surface area contributed by atoms with E-state index in [0.29, 0.717) is 6.04 Å².